The molecule has 10 nitrogen and oxygen atoms in total. The number of hydrogen-bond acceptors (Lipinski definition) is 10. The molecule has 0 spiro atoms. The number of benzene rings is 6. The molecule has 6 aromatic carbocycles. The van der Waals surface area contributed by atoms with E-state index in [2.05, 4.69) is 156 Å². The van der Waals surface area contributed by atoms with E-state index < -0.39 is 0 Å². The summed E-state index contributed by atoms with van der Waals surface area (Å²) in [6.45, 7) is 34.4. The van der Waals surface area contributed by atoms with Gasteiger partial charge in [-0.05, 0) is 236 Å². The zero-order chi connectivity index (χ0) is 82.5. The number of ketones is 4. The molecule has 12 fully saturated rings. The first-order valence-corrected chi connectivity index (χ1v) is 45.2. The molecule has 12 aliphatic carbocycles. The predicted octanol–water partition coefficient (Wildman–Crippen LogP) is 23.1. The van der Waals surface area contributed by atoms with Crippen molar-refractivity contribution >= 4 is 41.0 Å². The first-order valence-electron chi connectivity index (χ1n) is 45.2. The molecule has 6 aromatic rings. The first-order chi connectivity index (χ1) is 55.8. The van der Waals surface area contributed by atoms with Crippen LogP contribution in [0.15, 0.2) is 182 Å². The van der Waals surface area contributed by atoms with E-state index in [0.29, 0.717) is 96.6 Å². The molecular formula is C106H134O10. The third-order valence-electron chi connectivity index (χ3n) is 33.5. The average molecular weight is 1570 g/mol. The molecule has 18 rings (SSSR count). The van der Waals surface area contributed by atoms with E-state index in [0.717, 1.165) is 142 Å². The molecule has 0 aliphatic heterocycles. The van der Waals surface area contributed by atoms with Crippen LogP contribution < -0.4 is 0 Å². The van der Waals surface area contributed by atoms with Crippen molar-refractivity contribution in [3.63, 3.8) is 0 Å². The molecule has 0 N–H and O–H groups in total. The number of hydrogen-bond donors (Lipinski definition) is 0. The molecule has 0 amide bonds. The highest BCUT2D eigenvalue weighted by molar-refractivity contribution is 6.07. The average Bonchev–Trinajstić information content (AvgIpc) is 1.58. The van der Waals surface area contributed by atoms with Crippen LogP contribution in [0.3, 0.4) is 0 Å². The standard InChI is InChI=1S/2C23H24O2.C23H24.C14H24O2.C12H20O2.C11H18O2/c2*1-14-15(2)19-13-18(14)20(22(24)16-9-5-3-6-10-16)21(19)23(25)17-11-7-4-8-12-17;1-16-17(2)22-15-21(16)20(14-13-18-9-5-3-6-10-18)23(22)19-11-7-4-8-12-19;1-4-5-14(15)16-8-12-6-11-7-13(12)10(3)9(11)2;1-7-8(2)12-5-10(7)4-11(12)6-14-9(3)13;1-6-7(2)10-4-9(6)5-11(10)13-8(3)12/h2*3-12,14-15,18-21H,13H2,1-2H3;3-12,16-17,20-23H,15H2,1-2H3;9-13H,4-8H2,1-3H3;7-8,10-12H,4-6H2,1-3H3;6-7,9-11H,4-5H2,1-3H3. The van der Waals surface area contributed by atoms with Crippen LogP contribution in [0.25, 0.3) is 0 Å². The molecule has 618 valence electrons. The summed E-state index contributed by atoms with van der Waals surface area (Å²) in [6, 6.07) is 59.5. The lowest BCUT2D eigenvalue weighted by Gasteiger charge is -2.37. The largest absolute Gasteiger partial charge is 0.466 e. The van der Waals surface area contributed by atoms with Gasteiger partial charge in [0, 0.05) is 83.6 Å². The van der Waals surface area contributed by atoms with Crippen LogP contribution >= 0.6 is 0 Å². The van der Waals surface area contributed by atoms with Crippen LogP contribution in [0.5, 0.6) is 0 Å². The van der Waals surface area contributed by atoms with E-state index in [1.165, 1.54) is 57.9 Å². The van der Waals surface area contributed by atoms with Crippen molar-refractivity contribution in [2.24, 2.45) is 183 Å². The van der Waals surface area contributed by atoms with Crippen LogP contribution in [0.2, 0.25) is 0 Å². The summed E-state index contributed by atoms with van der Waals surface area (Å²) in [6.07, 6.45) is 12.8. The molecule has 33 atom stereocenters. The highest BCUT2D eigenvalue weighted by atomic mass is 16.5. The summed E-state index contributed by atoms with van der Waals surface area (Å²) in [5, 5.41) is 0. The molecule has 12 aliphatic rings. The van der Waals surface area contributed by atoms with Crippen LogP contribution in [0.4, 0.5) is 0 Å². The SMILES string of the molecule is CC(=O)OC1CC2CC1C(C)C2C.CC(=O)OCC1CC2CC1C(C)C2C.CC1C(C)C2CC1C(C#Cc1ccccc1)C2c1ccccc1.CC1C(C)C2CC1C(C(=O)c1ccccc1)C2C(=O)c1ccccc1.CC1C(C)C2CC1C(C(=O)c1ccccc1)C2C(=O)c1ccccc1.CCCC(=O)OCC1CC2CC1C(C)C2C. The summed E-state index contributed by atoms with van der Waals surface area (Å²) in [5.74, 6) is 25.6. The maximum atomic E-state index is 13.3. The third-order valence-corrected chi connectivity index (χ3v) is 33.5. The van der Waals surface area contributed by atoms with Gasteiger partial charge in [0.25, 0.3) is 0 Å². The molecule has 0 saturated heterocycles. The van der Waals surface area contributed by atoms with Crippen molar-refractivity contribution in [2.45, 2.75) is 187 Å². The van der Waals surface area contributed by atoms with Gasteiger partial charge in [-0.1, -0.05) is 272 Å². The highest BCUT2D eigenvalue weighted by Crippen LogP contribution is 2.64. The zero-order valence-corrected chi connectivity index (χ0v) is 72.1. The van der Waals surface area contributed by atoms with E-state index >= 15 is 0 Å². The van der Waals surface area contributed by atoms with E-state index in [-0.39, 0.29) is 70.8 Å². The molecule has 0 aromatic heterocycles. The van der Waals surface area contributed by atoms with Crippen LogP contribution in [-0.2, 0) is 28.6 Å². The summed E-state index contributed by atoms with van der Waals surface area (Å²) in [5.41, 5.74) is 5.60. The minimum Gasteiger partial charge on any atom is -0.466 e. The van der Waals surface area contributed by atoms with E-state index in [1.54, 1.807) is 0 Å². The topological polar surface area (TPSA) is 147 Å². The normalized spacial score (nSPS) is 37.9. The summed E-state index contributed by atoms with van der Waals surface area (Å²) < 4.78 is 15.8. The Kier molecular flexibility index (Phi) is 28.1. The van der Waals surface area contributed by atoms with E-state index in [4.69, 9.17) is 14.2 Å². The summed E-state index contributed by atoms with van der Waals surface area (Å²) in [7, 11) is 0. The fourth-order valence-corrected chi connectivity index (χ4v) is 26.1. The first kappa shape index (κ1) is 85.8. The van der Waals surface area contributed by atoms with Gasteiger partial charge in [-0.25, -0.2) is 0 Å². The van der Waals surface area contributed by atoms with Gasteiger partial charge in [-0.3, -0.25) is 33.6 Å². The quantitative estimate of drug-likeness (QED) is 0.0397. The van der Waals surface area contributed by atoms with Gasteiger partial charge < -0.3 is 14.2 Å². The Morgan fingerprint density at radius 2 is 0.647 bits per heavy atom. The Morgan fingerprint density at radius 3 is 0.991 bits per heavy atom. The van der Waals surface area contributed by atoms with Crippen molar-refractivity contribution in [1.82, 2.24) is 0 Å². The molecule has 10 heteroatoms. The summed E-state index contributed by atoms with van der Waals surface area (Å²) >= 11 is 0. The Hall–Kier alpha value is -8.03. The second-order valence-corrected chi connectivity index (χ2v) is 38.7. The zero-order valence-electron chi connectivity index (χ0n) is 72.1. The maximum absolute atomic E-state index is 13.3. The molecule has 0 radical (unpaired) electrons. The molecular weight excluding hydrogens is 1430 g/mol. The van der Waals surface area contributed by atoms with Crippen molar-refractivity contribution in [3.8, 4) is 11.8 Å². The number of carbonyl (C=O) groups is 7. The number of rotatable bonds is 16. The number of Topliss-reactive ketones (excluding diaryl/α,β-unsaturated/α-hetero) is 4. The number of esters is 3. The van der Waals surface area contributed by atoms with Gasteiger partial charge >= 0.3 is 17.9 Å². The lowest BCUT2D eigenvalue weighted by Crippen LogP contribution is -2.41. The predicted molar refractivity (Wildman–Crippen MR) is 461 cm³/mol. The van der Waals surface area contributed by atoms with Crippen LogP contribution in [0.1, 0.15) is 233 Å². The second-order valence-electron chi connectivity index (χ2n) is 38.7. The minimum absolute atomic E-state index is 0.00836. The minimum atomic E-state index is -0.175. The van der Waals surface area contributed by atoms with Crippen LogP contribution in [0, 0.1) is 195 Å². The van der Waals surface area contributed by atoms with Crippen LogP contribution in [-0.4, -0.2) is 60.4 Å². The number of ether oxygens (including phenoxy) is 3. The van der Waals surface area contributed by atoms with Crippen molar-refractivity contribution in [3.05, 3.63) is 215 Å². The number of fused-ring (bicyclic) bond motifs is 12. The van der Waals surface area contributed by atoms with Gasteiger partial charge in [-0.2, -0.15) is 0 Å². The Labute approximate surface area is 695 Å². The third kappa shape index (κ3) is 18.1. The highest BCUT2D eigenvalue weighted by Gasteiger charge is 2.62. The van der Waals surface area contributed by atoms with Gasteiger partial charge in [0.05, 0.1) is 13.2 Å². The van der Waals surface area contributed by atoms with E-state index in [9.17, 15) is 33.6 Å². The van der Waals surface area contributed by atoms with Gasteiger partial charge in [-0.15, -0.1) is 0 Å². The van der Waals surface area contributed by atoms with Gasteiger partial charge in [0.1, 0.15) is 6.10 Å². The molecule has 12 bridgehead atoms. The lowest BCUT2D eigenvalue weighted by atomic mass is 9.65. The molecule has 33 unspecified atom stereocenters. The molecule has 12 saturated carbocycles. The fraction of sp³-hybridized carbons (Fsp3) is 0.575. The van der Waals surface area contributed by atoms with Crippen molar-refractivity contribution in [2.75, 3.05) is 13.2 Å². The monoisotopic (exact) mass is 1570 g/mol. The second kappa shape index (κ2) is 37.9. The molecule has 116 heavy (non-hydrogen) atoms. The smallest absolute Gasteiger partial charge is 0.305 e. The van der Waals surface area contributed by atoms with Gasteiger partial charge in [0.2, 0.25) is 0 Å². The Bertz CT molecular complexity index is 4080. The lowest BCUT2D eigenvalue weighted by molar-refractivity contribution is -0.150. The molecule has 0 heterocycles. The number of carbonyl (C=O) groups excluding carboxylic acids is 7. The van der Waals surface area contributed by atoms with Gasteiger partial charge in [0.15, 0.2) is 23.1 Å². The van der Waals surface area contributed by atoms with E-state index in [1.807, 2.05) is 128 Å². The van der Waals surface area contributed by atoms with Crippen molar-refractivity contribution < 1.29 is 47.8 Å². The maximum Gasteiger partial charge on any atom is 0.305 e. The fourth-order valence-electron chi connectivity index (χ4n) is 26.1. The van der Waals surface area contributed by atoms with Crippen molar-refractivity contribution in [1.29, 1.82) is 0 Å². The Balaban J connectivity index is 0.000000123. The Morgan fingerprint density at radius 1 is 0.328 bits per heavy atom. The summed E-state index contributed by atoms with van der Waals surface area (Å²) in [4.78, 5) is 86.0.